The van der Waals surface area contributed by atoms with Crippen LogP contribution in [0.15, 0.2) is 23.3 Å². The van der Waals surface area contributed by atoms with Crippen molar-refractivity contribution in [3.8, 4) is 0 Å². The van der Waals surface area contributed by atoms with E-state index in [0.717, 1.165) is 11.3 Å². The predicted octanol–water partition coefficient (Wildman–Crippen LogP) is 4.27. The number of carbonyl (C=O) groups excluding carboxylic acids is 1. The van der Waals surface area contributed by atoms with Crippen molar-refractivity contribution in [3.05, 3.63) is 33.8 Å². The normalized spacial score (nSPS) is 11.8. The van der Waals surface area contributed by atoms with Crippen LogP contribution in [0, 0.1) is 5.92 Å². The van der Waals surface area contributed by atoms with Crippen molar-refractivity contribution in [3.63, 3.8) is 0 Å². The Morgan fingerprint density at radius 2 is 2.05 bits per heavy atom. The number of amides is 1. The maximum absolute atomic E-state index is 11.6. The van der Waals surface area contributed by atoms with Crippen molar-refractivity contribution in [2.75, 3.05) is 0 Å². The fourth-order valence-electron chi connectivity index (χ4n) is 1.60. The molecule has 0 aromatic heterocycles. The number of nitrogens with one attached hydrogen (secondary N) is 1. The first-order chi connectivity index (χ1) is 8.93. The van der Waals surface area contributed by atoms with E-state index in [4.69, 9.17) is 23.2 Å². The van der Waals surface area contributed by atoms with Gasteiger partial charge in [-0.25, -0.2) is 5.43 Å². The number of nitrogens with zero attached hydrogens (tertiary/aromatic N) is 1. The second kappa shape index (κ2) is 7.51. The number of hydrogen-bond donors (Lipinski definition) is 1. The van der Waals surface area contributed by atoms with Gasteiger partial charge in [0.1, 0.15) is 0 Å². The molecule has 0 atom stereocenters. The Kier molecular flexibility index (Phi) is 6.32. The van der Waals surface area contributed by atoms with Crippen LogP contribution in [0.5, 0.6) is 0 Å². The molecule has 0 unspecified atom stereocenters. The molecule has 5 heteroatoms. The van der Waals surface area contributed by atoms with Crippen LogP contribution >= 0.6 is 23.2 Å². The molecule has 3 nitrogen and oxygen atoms in total. The molecule has 1 amide bonds. The summed E-state index contributed by atoms with van der Waals surface area (Å²) in [7, 11) is 0. The molecule has 0 aliphatic heterocycles. The lowest BCUT2D eigenvalue weighted by Gasteiger charge is -2.08. The van der Waals surface area contributed by atoms with Gasteiger partial charge in [-0.3, -0.25) is 4.79 Å². The molecule has 0 aliphatic carbocycles. The average Bonchev–Trinajstić information content (AvgIpc) is 2.31. The van der Waals surface area contributed by atoms with E-state index in [0.29, 0.717) is 28.8 Å². The molecule has 19 heavy (non-hydrogen) atoms. The van der Waals surface area contributed by atoms with Gasteiger partial charge in [-0.2, -0.15) is 5.10 Å². The zero-order chi connectivity index (χ0) is 14.4. The highest BCUT2D eigenvalue weighted by atomic mass is 35.5. The summed E-state index contributed by atoms with van der Waals surface area (Å²) in [6.07, 6.45) is 1.12. The monoisotopic (exact) mass is 300 g/mol. The lowest BCUT2D eigenvalue weighted by atomic mass is 10.1. The Balaban J connectivity index is 2.85. The van der Waals surface area contributed by atoms with Crippen LogP contribution in [0.1, 0.15) is 39.2 Å². The van der Waals surface area contributed by atoms with Gasteiger partial charge >= 0.3 is 0 Å². The average molecular weight is 301 g/mol. The Labute approximate surface area is 124 Å². The summed E-state index contributed by atoms with van der Waals surface area (Å²) in [5.41, 5.74) is 4.09. The van der Waals surface area contributed by atoms with Crippen LogP contribution in [0.2, 0.25) is 10.0 Å². The summed E-state index contributed by atoms with van der Waals surface area (Å²) < 4.78 is 0. The highest BCUT2D eigenvalue weighted by Crippen LogP contribution is 2.22. The molecule has 1 rings (SSSR count). The SMILES string of the molecule is CC/C(=N/NC(=O)CC(C)C)c1ccc(Cl)cc1Cl. The molecule has 0 spiro atoms. The van der Waals surface area contributed by atoms with Crippen molar-refractivity contribution in [1.82, 2.24) is 5.43 Å². The van der Waals surface area contributed by atoms with Gasteiger partial charge < -0.3 is 0 Å². The highest BCUT2D eigenvalue weighted by molar-refractivity contribution is 6.37. The third-order valence-electron chi connectivity index (χ3n) is 2.49. The van der Waals surface area contributed by atoms with Gasteiger partial charge in [0.2, 0.25) is 5.91 Å². The summed E-state index contributed by atoms with van der Waals surface area (Å²) in [6, 6.07) is 5.23. The van der Waals surface area contributed by atoms with E-state index < -0.39 is 0 Å². The molecule has 1 N–H and O–H groups in total. The number of carbonyl (C=O) groups is 1. The zero-order valence-electron chi connectivity index (χ0n) is 11.3. The van der Waals surface area contributed by atoms with Gasteiger partial charge in [0.05, 0.1) is 10.7 Å². The van der Waals surface area contributed by atoms with Crippen LogP contribution in [0.3, 0.4) is 0 Å². The summed E-state index contributed by atoms with van der Waals surface area (Å²) in [6.45, 7) is 5.93. The van der Waals surface area contributed by atoms with Crippen molar-refractivity contribution >= 4 is 34.8 Å². The predicted molar refractivity (Wildman–Crippen MR) is 80.9 cm³/mol. The first-order valence-corrected chi connectivity index (χ1v) is 7.00. The minimum absolute atomic E-state index is 0.0916. The van der Waals surface area contributed by atoms with Crippen LogP contribution in [0.4, 0.5) is 0 Å². The molecule has 0 aliphatic rings. The third kappa shape index (κ3) is 5.21. The zero-order valence-corrected chi connectivity index (χ0v) is 12.8. The smallest absolute Gasteiger partial charge is 0.240 e. The topological polar surface area (TPSA) is 41.5 Å². The van der Waals surface area contributed by atoms with Gasteiger partial charge in [-0.1, -0.05) is 50.0 Å². The second-order valence-corrected chi connectivity index (χ2v) is 5.51. The molecule has 0 saturated carbocycles. The van der Waals surface area contributed by atoms with E-state index in [2.05, 4.69) is 10.5 Å². The number of halogens is 2. The summed E-state index contributed by atoms with van der Waals surface area (Å²) in [4.78, 5) is 11.6. The second-order valence-electron chi connectivity index (χ2n) is 4.67. The van der Waals surface area contributed by atoms with Crippen LogP contribution < -0.4 is 5.43 Å². The van der Waals surface area contributed by atoms with Crippen molar-refractivity contribution < 1.29 is 4.79 Å². The molecular formula is C14H18Cl2N2O. The first-order valence-electron chi connectivity index (χ1n) is 6.24. The van der Waals surface area contributed by atoms with Crippen LogP contribution in [-0.4, -0.2) is 11.6 Å². The largest absolute Gasteiger partial charge is 0.273 e. The van der Waals surface area contributed by atoms with Crippen LogP contribution in [-0.2, 0) is 4.79 Å². The van der Waals surface area contributed by atoms with Crippen molar-refractivity contribution in [2.45, 2.75) is 33.6 Å². The molecule has 1 aromatic carbocycles. The van der Waals surface area contributed by atoms with E-state index in [-0.39, 0.29) is 5.91 Å². The molecule has 0 saturated heterocycles. The summed E-state index contributed by atoms with van der Waals surface area (Å²) in [5.74, 6) is 0.213. The maximum atomic E-state index is 11.6. The molecule has 0 radical (unpaired) electrons. The third-order valence-corrected chi connectivity index (χ3v) is 3.03. The summed E-state index contributed by atoms with van der Waals surface area (Å²) in [5, 5.41) is 5.26. The molecule has 1 aromatic rings. The molecule has 0 fully saturated rings. The standard InChI is InChI=1S/C14H18Cl2N2O/c1-4-13(17-18-14(19)7-9(2)3)11-6-5-10(15)8-12(11)16/h5-6,8-9H,4,7H2,1-3H3,(H,18,19)/b17-13-. The van der Waals surface area contributed by atoms with E-state index in [9.17, 15) is 4.79 Å². The Morgan fingerprint density at radius 3 is 2.58 bits per heavy atom. The minimum Gasteiger partial charge on any atom is -0.273 e. The quantitative estimate of drug-likeness (QED) is 0.640. The fourth-order valence-corrected chi connectivity index (χ4v) is 2.12. The Bertz CT molecular complexity index is 484. The van der Waals surface area contributed by atoms with Crippen LogP contribution in [0.25, 0.3) is 0 Å². The van der Waals surface area contributed by atoms with E-state index >= 15 is 0 Å². The molecule has 0 bridgehead atoms. The lowest BCUT2D eigenvalue weighted by Crippen LogP contribution is -2.21. The molecular weight excluding hydrogens is 283 g/mol. The molecule has 104 valence electrons. The minimum atomic E-state index is -0.0916. The van der Waals surface area contributed by atoms with Gasteiger partial charge in [-0.15, -0.1) is 0 Å². The number of hydrazone groups is 1. The Hall–Kier alpha value is -1.06. The fraction of sp³-hybridized carbons (Fsp3) is 0.429. The Morgan fingerprint density at radius 1 is 1.37 bits per heavy atom. The number of hydrogen-bond acceptors (Lipinski definition) is 2. The first kappa shape index (κ1) is 16.0. The number of benzene rings is 1. The van der Waals surface area contributed by atoms with Gasteiger partial charge in [0, 0.05) is 17.0 Å². The lowest BCUT2D eigenvalue weighted by molar-refractivity contribution is -0.121. The number of rotatable bonds is 5. The van der Waals surface area contributed by atoms with E-state index in [1.807, 2.05) is 26.8 Å². The van der Waals surface area contributed by atoms with E-state index in [1.54, 1.807) is 12.1 Å². The van der Waals surface area contributed by atoms with Gasteiger partial charge in [-0.05, 0) is 24.5 Å². The highest BCUT2D eigenvalue weighted by Gasteiger charge is 2.09. The van der Waals surface area contributed by atoms with Crippen molar-refractivity contribution in [1.29, 1.82) is 0 Å². The maximum Gasteiger partial charge on any atom is 0.240 e. The summed E-state index contributed by atoms with van der Waals surface area (Å²) >= 11 is 12.0. The van der Waals surface area contributed by atoms with E-state index in [1.165, 1.54) is 0 Å². The van der Waals surface area contributed by atoms with Gasteiger partial charge in [0.25, 0.3) is 0 Å². The van der Waals surface area contributed by atoms with Crippen molar-refractivity contribution in [2.24, 2.45) is 11.0 Å². The molecule has 0 heterocycles. The van der Waals surface area contributed by atoms with Gasteiger partial charge in [0.15, 0.2) is 0 Å².